The third-order valence-corrected chi connectivity index (χ3v) is 4.17. The predicted octanol–water partition coefficient (Wildman–Crippen LogP) is 1.52. The zero-order valence-electron chi connectivity index (χ0n) is 11.6. The maximum absolute atomic E-state index is 12.4. The van der Waals surface area contributed by atoms with Crippen LogP contribution in [0.25, 0.3) is 0 Å². The molecule has 0 unspecified atom stereocenters. The van der Waals surface area contributed by atoms with Crippen molar-refractivity contribution in [1.82, 2.24) is 15.6 Å². The topological polar surface area (TPSA) is 54.0 Å². The summed E-state index contributed by atoms with van der Waals surface area (Å²) in [5.41, 5.74) is 1.06. The Kier molecular flexibility index (Phi) is 4.91. The van der Waals surface area contributed by atoms with Crippen LogP contribution in [0.3, 0.4) is 0 Å². The van der Waals surface area contributed by atoms with Gasteiger partial charge in [-0.15, -0.1) is 0 Å². The molecule has 0 bridgehead atoms. The Labute approximate surface area is 115 Å². The van der Waals surface area contributed by atoms with Crippen LogP contribution < -0.4 is 10.6 Å². The van der Waals surface area contributed by atoms with Gasteiger partial charge >= 0.3 is 0 Å². The highest BCUT2D eigenvalue weighted by molar-refractivity contribution is 5.82. The molecular formula is C15H23N3O. The van der Waals surface area contributed by atoms with Crippen LogP contribution in [0.15, 0.2) is 24.5 Å². The van der Waals surface area contributed by atoms with Gasteiger partial charge in [0.1, 0.15) is 0 Å². The normalized spacial score (nSPS) is 17.9. The molecular weight excluding hydrogens is 238 g/mol. The molecule has 0 spiro atoms. The van der Waals surface area contributed by atoms with E-state index in [4.69, 9.17) is 0 Å². The van der Waals surface area contributed by atoms with Gasteiger partial charge in [0.05, 0.1) is 5.41 Å². The average Bonchev–Trinajstić information content (AvgIpc) is 2.49. The van der Waals surface area contributed by atoms with Crippen molar-refractivity contribution in [2.75, 3.05) is 19.6 Å². The van der Waals surface area contributed by atoms with Gasteiger partial charge in [0.2, 0.25) is 5.91 Å². The Morgan fingerprint density at radius 1 is 1.37 bits per heavy atom. The number of rotatable bonds is 5. The fourth-order valence-corrected chi connectivity index (χ4v) is 2.70. The first kappa shape index (κ1) is 14.0. The van der Waals surface area contributed by atoms with E-state index in [9.17, 15) is 4.79 Å². The smallest absolute Gasteiger partial charge is 0.226 e. The number of hydrogen-bond acceptors (Lipinski definition) is 3. The van der Waals surface area contributed by atoms with Crippen LogP contribution in [0.4, 0.5) is 0 Å². The van der Waals surface area contributed by atoms with Crippen molar-refractivity contribution in [1.29, 1.82) is 0 Å². The van der Waals surface area contributed by atoms with Crippen molar-refractivity contribution in [2.24, 2.45) is 5.41 Å². The Bertz CT molecular complexity index is 399. The molecule has 2 heterocycles. The zero-order chi connectivity index (χ0) is 13.6. The summed E-state index contributed by atoms with van der Waals surface area (Å²) >= 11 is 0. The van der Waals surface area contributed by atoms with E-state index in [2.05, 4.69) is 22.5 Å². The number of piperidine rings is 1. The maximum Gasteiger partial charge on any atom is 0.226 e. The SMILES string of the molecule is CCC1(C(=O)NCCc2ccncc2)CCNCC1. The summed E-state index contributed by atoms with van der Waals surface area (Å²) < 4.78 is 0. The van der Waals surface area contributed by atoms with Gasteiger partial charge in [-0.05, 0) is 56.5 Å². The molecule has 0 aliphatic carbocycles. The predicted molar refractivity (Wildman–Crippen MR) is 75.8 cm³/mol. The van der Waals surface area contributed by atoms with Crippen LogP contribution in [0.5, 0.6) is 0 Å². The van der Waals surface area contributed by atoms with Crippen LogP contribution >= 0.6 is 0 Å². The molecule has 0 radical (unpaired) electrons. The van der Waals surface area contributed by atoms with Gasteiger partial charge < -0.3 is 10.6 Å². The second-order valence-corrected chi connectivity index (χ2v) is 5.25. The van der Waals surface area contributed by atoms with Crippen molar-refractivity contribution in [2.45, 2.75) is 32.6 Å². The Hall–Kier alpha value is -1.42. The fraction of sp³-hybridized carbons (Fsp3) is 0.600. The summed E-state index contributed by atoms with van der Waals surface area (Å²) in [5, 5.41) is 6.43. The number of hydrogen-bond donors (Lipinski definition) is 2. The highest BCUT2D eigenvalue weighted by atomic mass is 16.2. The molecule has 0 saturated carbocycles. The lowest BCUT2D eigenvalue weighted by Crippen LogP contribution is -2.47. The highest BCUT2D eigenvalue weighted by Gasteiger charge is 2.37. The van der Waals surface area contributed by atoms with E-state index in [-0.39, 0.29) is 11.3 Å². The standard InChI is InChI=1S/C15H23N3O/c1-2-15(6-11-17-12-7-15)14(19)18-10-5-13-3-8-16-9-4-13/h3-4,8-9,17H,2,5-7,10-12H2,1H3,(H,18,19). The zero-order valence-corrected chi connectivity index (χ0v) is 11.6. The lowest BCUT2D eigenvalue weighted by atomic mass is 9.76. The van der Waals surface area contributed by atoms with Crippen LogP contribution in [-0.2, 0) is 11.2 Å². The first-order valence-electron chi connectivity index (χ1n) is 7.15. The third-order valence-electron chi connectivity index (χ3n) is 4.17. The van der Waals surface area contributed by atoms with Gasteiger partial charge in [0.25, 0.3) is 0 Å². The largest absolute Gasteiger partial charge is 0.355 e. The molecule has 19 heavy (non-hydrogen) atoms. The van der Waals surface area contributed by atoms with Crippen molar-refractivity contribution < 1.29 is 4.79 Å². The van der Waals surface area contributed by atoms with E-state index in [0.29, 0.717) is 6.54 Å². The molecule has 0 atom stereocenters. The van der Waals surface area contributed by atoms with Gasteiger partial charge in [-0.2, -0.15) is 0 Å². The Balaban J connectivity index is 1.83. The quantitative estimate of drug-likeness (QED) is 0.845. The molecule has 1 aromatic heterocycles. The highest BCUT2D eigenvalue weighted by Crippen LogP contribution is 2.32. The van der Waals surface area contributed by atoms with E-state index in [0.717, 1.165) is 38.8 Å². The number of nitrogens with zero attached hydrogens (tertiary/aromatic N) is 1. The first-order valence-corrected chi connectivity index (χ1v) is 7.15. The molecule has 4 nitrogen and oxygen atoms in total. The molecule has 2 N–H and O–H groups in total. The molecule has 0 aromatic carbocycles. The van der Waals surface area contributed by atoms with Gasteiger partial charge in [-0.25, -0.2) is 0 Å². The molecule has 1 amide bonds. The molecule has 1 aromatic rings. The summed E-state index contributed by atoms with van der Waals surface area (Å²) in [6.07, 6.45) is 7.27. The summed E-state index contributed by atoms with van der Waals surface area (Å²) in [7, 11) is 0. The monoisotopic (exact) mass is 261 g/mol. The number of nitrogens with one attached hydrogen (secondary N) is 2. The van der Waals surface area contributed by atoms with E-state index in [1.54, 1.807) is 12.4 Å². The second kappa shape index (κ2) is 6.66. The van der Waals surface area contributed by atoms with Crippen LogP contribution in [0, 0.1) is 5.41 Å². The number of carbonyl (C=O) groups excluding carboxylic acids is 1. The van der Waals surface area contributed by atoms with E-state index in [1.807, 2.05) is 12.1 Å². The number of aromatic nitrogens is 1. The van der Waals surface area contributed by atoms with E-state index >= 15 is 0 Å². The van der Waals surface area contributed by atoms with Crippen molar-refractivity contribution in [3.63, 3.8) is 0 Å². The van der Waals surface area contributed by atoms with Crippen LogP contribution in [-0.4, -0.2) is 30.5 Å². The lowest BCUT2D eigenvalue weighted by Gasteiger charge is -2.35. The number of pyridine rings is 1. The minimum atomic E-state index is -0.149. The van der Waals surface area contributed by atoms with Crippen molar-refractivity contribution in [3.8, 4) is 0 Å². The molecule has 1 aliphatic rings. The van der Waals surface area contributed by atoms with Crippen LogP contribution in [0.2, 0.25) is 0 Å². The van der Waals surface area contributed by atoms with E-state index < -0.39 is 0 Å². The summed E-state index contributed by atoms with van der Waals surface area (Å²) in [6, 6.07) is 3.98. The molecule has 1 aliphatic heterocycles. The van der Waals surface area contributed by atoms with Crippen molar-refractivity contribution >= 4 is 5.91 Å². The Morgan fingerprint density at radius 2 is 2.05 bits per heavy atom. The summed E-state index contributed by atoms with van der Waals surface area (Å²) in [4.78, 5) is 16.4. The summed E-state index contributed by atoms with van der Waals surface area (Å²) in [5.74, 6) is 0.227. The molecule has 104 valence electrons. The fourth-order valence-electron chi connectivity index (χ4n) is 2.70. The van der Waals surface area contributed by atoms with Gasteiger partial charge in [-0.3, -0.25) is 9.78 Å². The molecule has 1 fully saturated rings. The summed E-state index contributed by atoms with van der Waals surface area (Å²) in [6.45, 7) is 4.73. The number of carbonyl (C=O) groups is 1. The van der Waals surface area contributed by atoms with Crippen molar-refractivity contribution in [3.05, 3.63) is 30.1 Å². The molecule has 4 heteroatoms. The van der Waals surface area contributed by atoms with Gasteiger partial charge in [-0.1, -0.05) is 6.92 Å². The van der Waals surface area contributed by atoms with Gasteiger partial charge in [0, 0.05) is 18.9 Å². The average molecular weight is 261 g/mol. The molecule has 2 rings (SSSR count). The molecule has 1 saturated heterocycles. The minimum absolute atomic E-state index is 0.149. The maximum atomic E-state index is 12.4. The number of amides is 1. The van der Waals surface area contributed by atoms with E-state index in [1.165, 1.54) is 5.56 Å². The minimum Gasteiger partial charge on any atom is -0.355 e. The van der Waals surface area contributed by atoms with Crippen LogP contribution in [0.1, 0.15) is 31.7 Å². The third kappa shape index (κ3) is 3.53. The van der Waals surface area contributed by atoms with Gasteiger partial charge in [0.15, 0.2) is 0 Å². The first-order chi connectivity index (χ1) is 9.27. The Morgan fingerprint density at radius 3 is 2.68 bits per heavy atom. The second-order valence-electron chi connectivity index (χ2n) is 5.25. The lowest BCUT2D eigenvalue weighted by molar-refractivity contribution is -0.132.